The minimum absolute atomic E-state index is 0.160. The van der Waals surface area contributed by atoms with Gasteiger partial charge in [-0.1, -0.05) is 30.3 Å². The Bertz CT molecular complexity index is 1110. The van der Waals surface area contributed by atoms with E-state index >= 15 is 0 Å². The number of esters is 1. The first kappa shape index (κ1) is 18.6. The lowest BCUT2D eigenvalue weighted by Crippen LogP contribution is -2.17. The van der Waals surface area contributed by atoms with Crippen LogP contribution in [0.15, 0.2) is 72.6 Å². The Kier molecular flexibility index (Phi) is 5.63. The summed E-state index contributed by atoms with van der Waals surface area (Å²) >= 11 is 0. The van der Waals surface area contributed by atoms with E-state index < -0.39 is 11.9 Å². The number of nitrogens with zero attached hydrogens (tertiary/aromatic N) is 2. The summed E-state index contributed by atoms with van der Waals surface area (Å²) in [7, 11) is 1.25. The maximum absolute atomic E-state index is 12.5. The highest BCUT2D eigenvalue weighted by Gasteiger charge is 2.15. The van der Waals surface area contributed by atoms with Gasteiger partial charge in [0, 0.05) is 17.8 Å². The largest absolute Gasteiger partial charge is 0.465 e. The summed E-state index contributed by atoms with van der Waals surface area (Å²) in [4.78, 5) is 28.6. The van der Waals surface area contributed by atoms with Gasteiger partial charge in [-0.25, -0.2) is 4.79 Å². The van der Waals surface area contributed by atoms with Crippen LogP contribution in [-0.4, -0.2) is 24.0 Å². The van der Waals surface area contributed by atoms with E-state index in [-0.39, 0.29) is 16.8 Å². The normalized spacial score (nSPS) is 10.8. The Hall–Kier alpha value is -4.18. The molecule has 0 saturated carbocycles. The molecule has 0 radical (unpaired) electrons. The number of hydrogen-bond donors (Lipinski definition) is 2. The second-order valence-corrected chi connectivity index (χ2v) is 5.69. The van der Waals surface area contributed by atoms with Crippen LogP contribution in [0.2, 0.25) is 0 Å². The number of rotatable bonds is 5. The Morgan fingerprint density at radius 2 is 1.82 bits per heavy atom. The third-order valence-electron chi connectivity index (χ3n) is 3.95. The summed E-state index contributed by atoms with van der Waals surface area (Å²) in [6, 6.07) is 17.6. The Morgan fingerprint density at radius 3 is 2.61 bits per heavy atom. The topological polar surface area (TPSA) is 104 Å². The van der Waals surface area contributed by atoms with E-state index in [9.17, 15) is 14.9 Å². The average molecular weight is 372 g/mol. The number of fused-ring (bicyclic) bond motifs is 1. The molecule has 1 aromatic heterocycles. The molecule has 3 rings (SSSR count). The number of hydrogen-bond acceptors (Lipinski definition) is 6. The van der Waals surface area contributed by atoms with Gasteiger partial charge in [0.1, 0.15) is 11.6 Å². The van der Waals surface area contributed by atoms with E-state index in [0.29, 0.717) is 5.69 Å². The van der Waals surface area contributed by atoms with Gasteiger partial charge in [0.2, 0.25) is 0 Å². The van der Waals surface area contributed by atoms with Crippen molar-refractivity contribution >= 4 is 34.2 Å². The van der Waals surface area contributed by atoms with Gasteiger partial charge in [-0.15, -0.1) is 0 Å². The smallest absolute Gasteiger partial charge is 0.339 e. The number of nitriles is 1. The van der Waals surface area contributed by atoms with Gasteiger partial charge < -0.3 is 15.4 Å². The van der Waals surface area contributed by atoms with E-state index in [1.165, 1.54) is 19.4 Å². The van der Waals surface area contributed by atoms with Crippen LogP contribution in [0, 0.1) is 11.3 Å². The van der Waals surface area contributed by atoms with Crippen molar-refractivity contribution in [2.75, 3.05) is 17.7 Å². The number of methoxy groups -OCH3 is 1. The van der Waals surface area contributed by atoms with Crippen molar-refractivity contribution in [1.29, 1.82) is 5.26 Å². The van der Waals surface area contributed by atoms with Crippen molar-refractivity contribution < 1.29 is 14.3 Å². The zero-order chi connectivity index (χ0) is 19.9. The summed E-state index contributed by atoms with van der Waals surface area (Å²) in [6.07, 6.45) is 2.97. The number of anilines is 2. The molecule has 0 saturated heterocycles. The molecule has 138 valence electrons. The van der Waals surface area contributed by atoms with Crippen molar-refractivity contribution in [3.8, 4) is 6.07 Å². The van der Waals surface area contributed by atoms with Gasteiger partial charge >= 0.3 is 5.97 Å². The fraction of sp³-hybridized carbons (Fsp3) is 0.0476. The van der Waals surface area contributed by atoms with E-state index in [0.717, 1.165) is 10.9 Å². The fourth-order valence-electron chi connectivity index (χ4n) is 2.59. The second kappa shape index (κ2) is 8.47. The molecule has 0 atom stereocenters. The standard InChI is InChI=1S/C21H16N4O3/c1-28-21(27)16-8-2-3-9-17(16)25-20(26)15(12-22)13-24-18-10-4-6-14-7-5-11-23-19(14)18/h2-11,13,24H,1H3,(H,25,26)/b15-13-. The van der Waals surface area contributed by atoms with Gasteiger partial charge in [-0.3, -0.25) is 9.78 Å². The predicted octanol–water partition coefficient (Wildman–Crippen LogP) is 3.48. The number of nitrogens with one attached hydrogen (secondary N) is 2. The number of aromatic nitrogens is 1. The van der Waals surface area contributed by atoms with Crippen LogP contribution in [0.3, 0.4) is 0 Å². The maximum atomic E-state index is 12.5. The SMILES string of the molecule is COC(=O)c1ccccc1NC(=O)/C(C#N)=C\Nc1cccc2cccnc12. The van der Waals surface area contributed by atoms with Crippen LogP contribution >= 0.6 is 0 Å². The minimum Gasteiger partial charge on any atom is -0.465 e. The highest BCUT2D eigenvalue weighted by atomic mass is 16.5. The molecule has 2 aromatic carbocycles. The van der Waals surface area contributed by atoms with Crippen LogP contribution in [0.4, 0.5) is 11.4 Å². The van der Waals surface area contributed by atoms with E-state index in [2.05, 4.69) is 15.6 Å². The van der Waals surface area contributed by atoms with Crippen molar-refractivity contribution in [3.05, 3.63) is 78.1 Å². The summed E-state index contributed by atoms with van der Waals surface area (Å²) in [6.45, 7) is 0. The summed E-state index contributed by atoms with van der Waals surface area (Å²) < 4.78 is 4.70. The molecule has 0 unspecified atom stereocenters. The first-order valence-corrected chi connectivity index (χ1v) is 8.33. The van der Waals surface area contributed by atoms with Crippen LogP contribution in [0.5, 0.6) is 0 Å². The van der Waals surface area contributed by atoms with Crippen molar-refractivity contribution in [2.45, 2.75) is 0 Å². The van der Waals surface area contributed by atoms with Gasteiger partial charge in [0.25, 0.3) is 5.91 Å². The Labute approximate surface area is 161 Å². The van der Waals surface area contributed by atoms with Crippen molar-refractivity contribution in [2.24, 2.45) is 0 Å². The molecule has 28 heavy (non-hydrogen) atoms. The molecule has 7 heteroatoms. The maximum Gasteiger partial charge on any atom is 0.339 e. The van der Waals surface area contributed by atoms with Crippen molar-refractivity contribution in [3.63, 3.8) is 0 Å². The quantitative estimate of drug-likeness (QED) is 0.404. The van der Waals surface area contributed by atoms with Gasteiger partial charge in [-0.05, 0) is 24.3 Å². The lowest BCUT2D eigenvalue weighted by Gasteiger charge is -2.09. The molecule has 3 aromatic rings. The zero-order valence-electron chi connectivity index (χ0n) is 15.0. The average Bonchev–Trinajstić information content (AvgIpc) is 2.74. The number of carbonyl (C=O) groups is 2. The molecule has 0 aliphatic rings. The third-order valence-corrected chi connectivity index (χ3v) is 3.95. The Balaban J connectivity index is 1.83. The predicted molar refractivity (Wildman–Crippen MR) is 105 cm³/mol. The van der Waals surface area contributed by atoms with Crippen LogP contribution in [0.1, 0.15) is 10.4 Å². The number of ether oxygens (including phenoxy) is 1. The lowest BCUT2D eigenvalue weighted by molar-refractivity contribution is -0.112. The summed E-state index contributed by atoms with van der Waals surface area (Å²) in [5.41, 5.74) is 1.67. The highest BCUT2D eigenvalue weighted by Crippen LogP contribution is 2.21. The first-order valence-electron chi connectivity index (χ1n) is 8.33. The van der Waals surface area contributed by atoms with Crippen LogP contribution in [-0.2, 0) is 9.53 Å². The molecule has 0 fully saturated rings. The molecule has 2 N–H and O–H groups in total. The molecule has 0 aliphatic carbocycles. The number of para-hydroxylation sites is 2. The van der Waals surface area contributed by atoms with E-state index in [4.69, 9.17) is 4.74 Å². The minimum atomic E-state index is -0.653. The lowest BCUT2D eigenvalue weighted by atomic mass is 10.1. The molecule has 0 bridgehead atoms. The zero-order valence-corrected chi connectivity index (χ0v) is 15.0. The van der Waals surface area contributed by atoms with Crippen LogP contribution in [0.25, 0.3) is 10.9 Å². The Morgan fingerprint density at radius 1 is 1.07 bits per heavy atom. The van der Waals surface area contributed by atoms with Crippen molar-refractivity contribution in [1.82, 2.24) is 4.98 Å². The number of benzene rings is 2. The number of carbonyl (C=O) groups excluding carboxylic acids is 2. The number of pyridine rings is 1. The van der Waals surface area contributed by atoms with E-state index in [1.807, 2.05) is 30.3 Å². The van der Waals surface area contributed by atoms with Crippen LogP contribution < -0.4 is 10.6 Å². The monoisotopic (exact) mass is 372 g/mol. The third kappa shape index (κ3) is 3.97. The summed E-state index contributed by atoms with van der Waals surface area (Å²) in [5, 5.41) is 15.8. The number of amides is 1. The molecular formula is C21H16N4O3. The summed E-state index contributed by atoms with van der Waals surface area (Å²) in [5.74, 6) is -1.24. The van der Waals surface area contributed by atoms with Gasteiger partial charge in [-0.2, -0.15) is 5.26 Å². The molecule has 1 amide bonds. The molecule has 0 aliphatic heterocycles. The van der Waals surface area contributed by atoms with Gasteiger partial charge in [0.05, 0.1) is 29.6 Å². The second-order valence-electron chi connectivity index (χ2n) is 5.69. The molecular weight excluding hydrogens is 356 g/mol. The fourth-order valence-corrected chi connectivity index (χ4v) is 2.59. The van der Waals surface area contributed by atoms with Gasteiger partial charge in [0.15, 0.2) is 0 Å². The highest BCUT2D eigenvalue weighted by molar-refractivity contribution is 6.09. The first-order chi connectivity index (χ1) is 13.6. The molecule has 0 spiro atoms. The molecule has 1 heterocycles. The van der Waals surface area contributed by atoms with E-state index in [1.54, 1.807) is 30.5 Å². The molecule has 7 nitrogen and oxygen atoms in total.